The summed E-state index contributed by atoms with van der Waals surface area (Å²) in [7, 11) is 0. The van der Waals surface area contributed by atoms with Gasteiger partial charge in [-0.1, -0.05) is 44.2 Å². The standard InChI is InChI=1S/C16H15NO/c1-16(2)10-6-9-14-13(11-16)17-15(18-14)12-7-4-3-5-8-12/h3-11H,1-2H3. The van der Waals surface area contributed by atoms with Crippen LogP contribution in [0.2, 0.25) is 0 Å². The fraction of sp³-hybridized carbons (Fsp3) is 0.188. The molecule has 2 aromatic rings. The molecular formula is C16H15NO. The van der Waals surface area contributed by atoms with Crippen molar-refractivity contribution in [2.45, 2.75) is 13.8 Å². The number of allylic oxidation sites excluding steroid dienone is 2. The van der Waals surface area contributed by atoms with Crippen molar-refractivity contribution in [1.29, 1.82) is 0 Å². The Kier molecular flexibility index (Phi) is 2.44. The van der Waals surface area contributed by atoms with Crippen LogP contribution in [0, 0.1) is 5.41 Å². The maximum Gasteiger partial charge on any atom is 0.227 e. The number of aromatic nitrogens is 1. The lowest BCUT2D eigenvalue weighted by atomic mass is 9.93. The minimum atomic E-state index is 0.00653. The minimum absolute atomic E-state index is 0.00653. The van der Waals surface area contributed by atoms with Crippen molar-refractivity contribution < 1.29 is 4.42 Å². The summed E-state index contributed by atoms with van der Waals surface area (Å²) in [6.07, 6.45) is 8.28. The molecule has 0 fully saturated rings. The van der Waals surface area contributed by atoms with Crippen LogP contribution in [-0.4, -0.2) is 4.98 Å². The molecule has 1 aromatic heterocycles. The highest BCUT2D eigenvalue weighted by atomic mass is 16.3. The molecule has 1 aliphatic carbocycles. The molecule has 0 N–H and O–H groups in total. The molecule has 2 heteroatoms. The Labute approximate surface area is 106 Å². The van der Waals surface area contributed by atoms with Gasteiger partial charge >= 0.3 is 0 Å². The van der Waals surface area contributed by atoms with Crippen molar-refractivity contribution in [3.8, 4) is 11.5 Å². The summed E-state index contributed by atoms with van der Waals surface area (Å²) in [6, 6.07) is 9.98. The summed E-state index contributed by atoms with van der Waals surface area (Å²) in [5, 5.41) is 0.920. The zero-order chi connectivity index (χ0) is 12.6. The van der Waals surface area contributed by atoms with Gasteiger partial charge in [0.05, 0.1) is 0 Å². The second-order valence-corrected chi connectivity index (χ2v) is 5.13. The Morgan fingerprint density at radius 2 is 1.89 bits per heavy atom. The van der Waals surface area contributed by atoms with Crippen LogP contribution in [0.5, 0.6) is 0 Å². The lowest BCUT2D eigenvalue weighted by Gasteiger charge is -2.11. The van der Waals surface area contributed by atoms with Gasteiger partial charge in [-0.05, 0) is 24.3 Å². The van der Waals surface area contributed by atoms with E-state index in [4.69, 9.17) is 4.42 Å². The molecule has 0 saturated carbocycles. The summed E-state index contributed by atoms with van der Waals surface area (Å²) < 4.78 is 5.82. The third kappa shape index (κ3) is 2.02. The van der Waals surface area contributed by atoms with Crippen LogP contribution in [0.4, 0.5) is 0 Å². The minimum Gasteiger partial charge on any atom is -0.436 e. The van der Waals surface area contributed by atoms with E-state index in [1.807, 2.05) is 42.5 Å². The lowest BCUT2D eigenvalue weighted by Crippen LogP contribution is -2.23. The molecule has 90 valence electrons. The highest BCUT2D eigenvalue weighted by molar-refractivity contribution is 5.54. The van der Waals surface area contributed by atoms with Crippen molar-refractivity contribution in [3.63, 3.8) is 0 Å². The topological polar surface area (TPSA) is 26.0 Å². The van der Waals surface area contributed by atoms with Crippen LogP contribution in [0.3, 0.4) is 0 Å². The number of nitrogens with zero attached hydrogens (tertiary/aromatic N) is 1. The molecule has 0 amide bonds. The Morgan fingerprint density at radius 3 is 2.67 bits per heavy atom. The summed E-state index contributed by atoms with van der Waals surface area (Å²) in [6.45, 7) is 4.31. The highest BCUT2D eigenvalue weighted by Crippen LogP contribution is 2.20. The predicted molar refractivity (Wildman–Crippen MR) is 73.0 cm³/mol. The zero-order valence-electron chi connectivity index (χ0n) is 10.6. The fourth-order valence-corrected chi connectivity index (χ4v) is 2.05. The van der Waals surface area contributed by atoms with E-state index in [0.29, 0.717) is 5.89 Å². The number of hydrogen-bond donors (Lipinski definition) is 0. The number of benzene rings is 1. The maximum atomic E-state index is 5.82. The summed E-state index contributed by atoms with van der Waals surface area (Å²) in [5.74, 6) is 0.680. The molecule has 3 rings (SSSR count). The van der Waals surface area contributed by atoms with Gasteiger partial charge in [0, 0.05) is 11.0 Å². The molecule has 1 heterocycles. The van der Waals surface area contributed by atoms with E-state index in [-0.39, 0.29) is 5.41 Å². The van der Waals surface area contributed by atoms with Gasteiger partial charge in [-0.25, -0.2) is 4.98 Å². The van der Waals surface area contributed by atoms with E-state index in [9.17, 15) is 0 Å². The van der Waals surface area contributed by atoms with Crippen molar-refractivity contribution in [2.75, 3.05) is 0 Å². The van der Waals surface area contributed by atoms with Crippen LogP contribution in [0.1, 0.15) is 13.8 Å². The van der Waals surface area contributed by atoms with Gasteiger partial charge in [-0.15, -0.1) is 0 Å². The molecule has 1 aromatic carbocycles. The molecule has 0 radical (unpaired) electrons. The first-order chi connectivity index (χ1) is 8.64. The first-order valence-electron chi connectivity index (χ1n) is 6.09. The summed E-state index contributed by atoms with van der Waals surface area (Å²) in [4.78, 5) is 4.58. The van der Waals surface area contributed by atoms with Gasteiger partial charge in [0.2, 0.25) is 5.89 Å². The second-order valence-electron chi connectivity index (χ2n) is 5.13. The van der Waals surface area contributed by atoms with E-state index in [0.717, 1.165) is 16.3 Å². The number of rotatable bonds is 1. The summed E-state index contributed by atoms with van der Waals surface area (Å²) >= 11 is 0. The molecule has 0 aliphatic heterocycles. The van der Waals surface area contributed by atoms with Gasteiger partial charge < -0.3 is 4.42 Å². The molecule has 1 aliphatic rings. The van der Waals surface area contributed by atoms with E-state index in [1.165, 1.54) is 0 Å². The molecule has 0 bridgehead atoms. The predicted octanol–water partition coefficient (Wildman–Crippen LogP) is 2.50. The Bertz CT molecular complexity index is 705. The van der Waals surface area contributed by atoms with Crippen LogP contribution < -0.4 is 10.8 Å². The van der Waals surface area contributed by atoms with E-state index < -0.39 is 0 Å². The Morgan fingerprint density at radius 1 is 1.11 bits per heavy atom. The first kappa shape index (κ1) is 11.0. The van der Waals surface area contributed by atoms with Gasteiger partial charge in [-0.2, -0.15) is 0 Å². The van der Waals surface area contributed by atoms with Crippen molar-refractivity contribution >= 4 is 12.2 Å². The zero-order valence-corrected chi connectivity index (χ0v) is 10.6. The smallest absolute Gasteiger partial charge is 0.227 e. The van der Waals surface area contributed by atoms with Crippen molar-refractivity contribution in [2.24, 2.45) is 5.41 Å². The maximum absolute atomic E-state index is 5.82. The van der Waals surface area contributed by atoms with E-state index >= 15 is 0 Å². The summed E-state index contributed by atoms with van der Waals surface area (Å²) in [5.41, 5.74) is 1.84. The largest absolute Gasteiger partial charge is 0.436 e. The van der Waals surface area contributed by atoms with Gasteiger partial charge in [0.25, 0.3) is 0 Å². The van der Waals surface area contributed by atoms with Gasteiger partial charge in [0.15, 0.2) is 5.42 Å². The van der Waals surface area contributed by atoms with Gasteiger partial charge in [-0.3, -0.25) is 0 Å². The molecule has 2 nitrogen and oxygen atoms in total. The molecular weight excluding hydrogens is 222 g/mol. The van der Waals surface area contributed by atoms with E-state index in [1.54, 1.807) is 0 Å². The Hall–Kier alpha value is -2.09. The second kappa shape index (κ2) is 3.98. The third-order valence-electron chi connectivity index (χ3n) is 2.98. The monoisotopic (exact) mass is 237 g/mol. The quantitative estimate of drug-likeness (QED) is 0.761. The van der Waals surface area contributed by atoms with Crippen molar-refractivity contribution in [1.82, 2.24) is 4.98 Å². The van der Waals surface area contributed by atoms with Gasteiger partial charge in [0.1, 0.15) is 5.35 Å². The first-order valence-corrected chi connectivity index (χ1v) is 6.09. The number of oxazole rings is 1. The average Bonchev–Trinajstić information content (AvgIpc) is 2.66. The molecule has 18 heavy (non-hydrogen) atoms. The fourth-order valence-electron chi connectivity index (χ4n) is 2.05. The van der Waals surface area contributed by atoms with E-state index in [2.05, 4.69) is 31.0 Å². The number of hydrogen-bond acceptors (Lipinski definition) is 2. The van der Waals surface area contributed by atoms with Crippen molar-refractivity contribution in [3.05, 3.63) is 53.2 Å². The third-order valence-corrected chi connectivity index (χ3v) is 2.98. The Balaban J connectivity index is 2.20. The average molecular weight is 237 g/mol. The van der Waals surface area contributed by atoms with Crippen LogP contribution in [-0.2, 0) is 0 Å². The lowest BCUT2D eigenvalue weighted by molar-refractivity contribution is 0.540. The molecule has 0 unspecified atom stereocenters. The number of fused-ring (bicyclic) bond motifs is 1. The SMILES string of the molecule is CC1(C)C=CC=c2oc(-c3ccccc3)nc2=C1. The highest BCUT2D eigenvalue weighted by Gasteiger charge is 2.13. The van der Waals surface area contributed by atoms with Crippen LogP contribution in [0.25, 0.3) is 23.6 Å². The van der Waals surface area contributed by atoms with Crippen LogP contribution in [0.15, 0.2) is 46.9 Å². The molecule has 0 atom stereocenters. The molecule has 0 saturated heterocycles. The normalized spacial score (nSPS) is 16.3. The molecule has 0 spiro atoms. The van der Waals surface area contributed by atoms with Crippen LogP contribution >= 0.6 is 0 Å².